The largest absolute Gasteiger partial charge is 0.494 e. The Morgan fingerprint density at radius 2 is 1.14 bits per heavy atom. The zero-order valence-electron chi connectivity index (χ0n) is 30.5. The number of anilines is 3. The molecular formula is C45H55NO3. The maximum atomic E-state index is 6.07. The van der Waals surface area contributed by atoms with Crippen molar-refractivity contribution in [1.29, 1.82) is 0 Å². The minimum absolute atomic E-state index is 0.221. The van der Waals surface area contributed by atoms with Crippen LogP contribution in [-0.2, 0) is 9.47 Å². The molecule has 0 spiro atoms. The third kappa shape index (κ3) is 11.6. The summed E-state index contributed by atoms with van der Waals surface area (Å²) >= 11 is 0. The van der Waals surface area contributed by atoms with Crippen molar-refractivity contribution in [2.45, 2.75) is 60.8 Å². The number of nitrogens with zero attached hydrogens (tertiary/aromatic N) is 1. The lowest BCUT2D eigenvalue weighted by atomic mass is 9.90. The molecule has 5 aromatic carbocycles. The summed E-state index contributed by atoms with van der Waals surface area (Å²) < 4.78 is 17.1. The van der Waals surface area contributed by atoms with E-state index < -0.39 is 0 Å². The Bertz CT molecular complexity index is 1630. The van der Waals surface area contributed by atoms with Gasteiger partial charge in [0.05, 0.1) is 26.4 Å². The van der Waals surface area contributed by atoms with Crippen LogP contribution >= 0.6 is 0 Å². The second kappa shape index (κ2) is 19.6. The summed E-state index contributed by atoms with van der Waals surface area (Å²) in [6, 6.07) is 44.3. The average molecular weight is 658 g/mol. The first kappa shape index (κ1) is 37.4. The summed E-state index contributed by atoms with van der Waals surface area (Å²) in [7, 11) is 0. The van der Waals surface area contributed by atoms with Crippen LogP contribution in [0.2, 0.25) is 0 Å². The molecular weight excluding hydrogens is 602 g/mol. The van der Waals surface area contributed by atoms with Gasteiger partial charge in [-0.1, -0.05) is 112 Å². The third-order valence-corrected chi connectivity index (χ3v) is 8.23. The van der Waals surface area contributed by atoms with Gasteiger partial charge in [0.25, 0.3) is 0 Å². The van der Waals surface area contributed by atoms with E-state index in [2.05, 4.69) is 162 Å². The smallest absolute Gasteiger partial charge is 0.121 e. The predicted molar refractivity (Wildman–Crippen MR) is 208 cm³/mol. The number of para-hydroxylation sites is 1. The number of hydrogen-bond donors (Lipinski definition) is 0. The van der Waals surface area contributed by atoms with E-state index in [1.807, 2.05) is 12.1 Å². The molecule has 4 heteroatoms. The molecule has 258 valence electrons. The van der Waals surface area contributed by atoms with Crippen molar-refractivity contribution < 1.29 is 14.2 Å². The lowest BCUT2D eigenvalue weighted by molar-refractivity contribution is -0.138. The first-order valence-corrected chi connectivity index (χ1v) is 17.8. The van der Waals surface area contributed by atoms with E-state index in [0.717, 1.165) is 62.1 Å². The molecule has 0 atom stereocenters. The molecule has 0 aliphatic carbocycles. The van der Waals surface area contributed by atoms with Crippen molar-refractivity contribution in [1.82, 2.24) is 0 Å². The van der Waals surface area contributed by atoms with E-state index in [4.69, 9.17) is 14.2 Å². The third-order valence-electron chi connectivity index (χ3n) is 8.23. The van der Waals surface area contributed by atoms with Crippen molar-refractivity contribution in [3.05, 3.63) is 144 Å². The quantitative estimate of drug-likeness (QED) is 0.125. The standard InChI is InChI=1S/C28H33NO3.C14H14.C3H8/c1-23-10-8-13-25(18-23)29(24-11-4-3-5-12-24)26-14-9-15-27(19-26)32-17-7-6-16-30-20-28(2)21-31-22-28;1-11-7-3-5-9-13(11)14-10-6-4-8-12(14)2;1-3-2/h3-5,8-15,18-19H,6-7,16-17,20-22H2,1-2H3;3-10H,1-2H3;3H2,1-2H3. The first-order chi connectivity index (χ1) is 23.8. The molecule has 0 amide bonds. The number of aryl methyl sites for hydroxylation is 3. The maximum Gasteiger partial charge on any atom is 0.121 e. The summed E-state index contributed by atoms with van der Waals surface area (Å²) in [5.41, 5.74) is 10.1. The predicted octanol–water partition coefficient (Wildman–Crippen LogP) is 12.1. The van der Waals surface area contributed by atoms with E-state index in [-0.39, 0.29) is 5.41 Å². The van der Waals surface area contributed by atoms with Crippen LogP contribution in [-0.4, -0.2) is 33.0 Å². The van der Waals surface area contributed by atoms with Gasteiger partial charge in [-0.3, -0.25) is 0 Å². The number of benzene rings is 5. The Kier molecular flexibility index (Phi) is 15.0. The first-order valence-electron chi connectivity index (χ1n) is 17.8. The van der Waals surface area contributed by atoms with Crippen LogP contribution in [0.1, 0.15) is 56.7 Å². The summed E-state index contributed by atoms with van der Waals surface area (Å²) in [4.78, 5) is 2.26. The fourth-order valence-electron chi connectivity index (χ4n) is 5.60. The van der Waals surface area contributed by atoms with Crippen molar-refractivity contribution in [2.75, 3.05) is 37.9 Å². The Labute approximate surface area is 295 Å². The number of unbranched alkanes of at least 4 members (excludes halogenated alkanes) is 1. The van der Waals surface area contributed by atoms with Crippen molar-refractivity contribution >= 4 is 17.1 Å². The maximum absolute atomic E-state index is 6.07. The molecule has 0 N–H and O–H groups in total. The normalized spacial score (nSPS) is 12.8. The highest BCUT2D eigenvalue weighted by Gasteiger charge is 2.33. The second-order valence-electron chi connectivity index (χ2n) is 13.3. The van der Waals surface area contributed by atoms with Gasteiger partial charge >= 0.3 is 0 Å². The van der Waals surface area contributed by atoms with E-state index >= 15 is 0 Å². The van der Waals surface area contributed by atoms with Gasteiger partial charge in [-0.2, -0.15) is 0 Å². The van der Waals surface area contributed by atoms with Gasteiger partial charge in [0.2, 0.25) is 0 Å². The zero-order valence-corrected chi connectivity index (χ0v) is 30.5. The summed E-state index contributed by atoms with van der Waals surface area (Å²) in [5, 5.41) is 0. The number of rotatable bonds is 12. The summed E-state index contributed by atoms with van der Waals surface area (Å²) in [5.74, 6) is 0.885. The van der Waals surface area contributed by atoms with Crippen LogP contribution in [0, 0.1) is 26.2 Å². The minimum Gasteiger partial charge on any atom is -0.494 e. The zero-order chi connectivity index (χ0) is 34.9. The molecule has 1 aliphatic rings. The molecule has 1 fully saturated rings. The molecule has 0 radical (unpaired) electrons. The second-order valence-corrected chi connectivity index (χ2v) is 13.3. The molecule has 1 saturated heterocycles. The van der Waals surface area contributed by atoms with Gasteiger partial charge in [-0.05, 0) is 97.8 Å². The van der Waals surface area contributed by atoms with Gasteiger partial charge < -0.3 is 19.1 Å². The molecule has 1 aliphatic heterocycles. The molecule has 0 bridgehead atoms. The molecule has 0 unspecified atom stereocenters. The molecule has 6 rings (SSSR count). The minimum atomic E-state index is 0.221. The molecule has 5 aromatic rings. The van der Waals surface area contributed by atoms with Gasteiger partial charge in [0.1, 0.15) is 5.75 Å². The lowest BCUT2D eigenvalue weighted by Gasteiger charge is -2.37. The van der Waals surface area contributed by atoms with Crippen LogP contribution in [0.3, 0.4) is 0 Å². The SMILES string of the molecule is CCC.Cc1cccc(N(c2ccccc2)c2cccc(OCCCCOCC3(C)COC3)c2)c1.Cc1ccccc1-c1ccccc1C. The summed E-state index contributed by atoms with van der Waals surface area (Å²) in [6.07, 6.45) is 3.22. The molecule has 0 saturated carbocycles. The average Bonchev–Trinajstić information content (AvgIpc) is 3.09. The van der Waals surface area contributed by atoms with Gasteiger partial charge in [-0.25, -0.2) is 0 Å². The highest BCUT2D eigenvalue weighted by Crippen LogP contribution is 2.36. The van der Waals surface area contributed by atoms with Crippen molar-refractivity contribution in [3.63, 3.8) is 0 Å². The Hall–Kier alpha value is -4.38. The van der Waals surface area contributed by atoms with Crippen molar-refractivity contribution in [2.24, 2.45) is 5.41 Å². The lowest BCUT2D eigenvalue weighted by Crippen LogP contribution is -2.43. The molecule has 4 nitrogen and oxygen atoms in total. The van der Waals surface area contributed by atoms with Gasteiger partial charge in [0.15, 0.2) is 0 Å². The highest BCUT2D eigenvalue weighted by atomic mass is 16.5. The van der Waals surface area contributed by atoms with E-state index in [1.165, 1.54) is 34.2 Å². The molecule has 0 aromatic heterocycles. The van der Waals surface area contributed by atoms with Crippen LogP contribution in [0.25, 0.3) is 11.1 Å². The fraction of sp³-hybridized carbons (Fsp3) is 0.333. The number of hydrogen-bond acceptors (Lipinski definition) is 4. The van der Waals surface area contributed by atoms with Gasteiger partial charge in [0, 0.05) is 35.2 Å². The summed E-state index contributed by atoms with van der Waals surface area (Å²) in [6.45, 7) is 16.8. The Balaban J connectivity index is 0.000000263. The van der Waals surface area contributed by atoms with E-state index in [0.29, 0.717) is 6.61 Å². The van der Waals surface area contributed by atoms with Crippen LogP contribution in [0.15, 0.2) is 127 Å². The molecule has 49 heavy (non-hydrogen) atoms. The highest BCUT2D eigenvalue weighted by molar-refractivity contribution is 5.77. The van der Waals surface area contributed by atoms with Crippen molar-refractivity contribution in [3.8, 4) is 16.9 Å². The Morgan fingerprint density at radius 1 is 0.612 bits per heavy atom. The Morgan fingerprint density at radius 3 is 1.71 bits per heavy atom. The topological polar surface area (TPSA) is 30.9 Å². The fourth-order valence-corrected chi connectivity index (χ4v) is 5.60. The molecule has 1 heterocycles. The van der Waals surface area contributed by atoms with E-state index in [1.54, 1.807) is 0 Å². The number of ether oxygens (including phenoxy) is 3. The van der Waals surface area contributed by atoms with Crippen LogP contribution in [0.4, 0.5) is 17.1 Å². The van der Waals surface area contributed by atoms with Gasteiger partial charge in [-0.15, -0.1) is 0 Å². The van der Waals surface area contributed by atoms with Crippen LogP contribution in [0.5, 0.6) is 5.75 Å². The van der Waals surface area contributed by atoms with E-state index in [9.17, 15) is 0 Å². The van der Waals surface area contributed by atoms with Crippen LogP contribution < -0.4 is 9.64 Å². The monoisotopic (exact) mass is 657 g/mol.